The normalized spacial score (nSPS) is 15.0. The van der Waals surface area contributed by atoms with Gasteiger partial charge in [-0.3, -0.25) is 9.78 Å². The van der Waals surface area contributed by atoms with Crippen molar-refractivity contribution in [2.45, 2.75) is 0 Å². The highest BCUT2D eigenvalue weighted by Crippen LogP contribution is 2.27. The van der Waals surface area contributed by atoms with E-state index in [4.69, 9.17) is 0 Å². The van der Waals surface area contributed by atoms with Crippen molar-refractivity contribution in [2.24, 2.45) is 0 Å². The van der Waals surface area contributed by atoms with Crippen LogP contribution in [0.25, 0.3) is 10.1 Å². The van der Waals surface area contributed by atoms with E-state index in [1.54, 1.807) is 30.7 Å². The molecule has 0 spiro atoms. The molecule has 0 unspecified atom stereocenters. The molecule has 7 heteroatoms. The van der Waals surface area contributed by atoms with Crippen molar-refractivity contribution < 1.29 is 9.18 Å². The lowest BCUT2D eigenvalue weighted by Gasteiger charge is -2.35. The number of halogens is 1. The molecule has 1 amide bonds. The van der Waals surface area contributed by atoms with Gasteiger partial charge in [0.1, 0.15) is 11.6 Å². The number of hydrogen-bond donors (Lipinski definition) is 0. The Labute approximate surface area is 142 Å². The fraction of sp³-hybridized carbons (Fsp3) is 0.235. The van der Waals surface area contributed by atoms with Gasteiger partial charge in [-0.2, -0.15) is 0 Å². The summed E-state index contributed by atoms with van der Waals surface area (Å²) in [4.78, 5) is 25.7. The van der Waals surface area contributed by atoms with Crippen molar-refractivity contribution >= 4 is 33.1 Å². The number of aromatic nitrogens is 2. The lowest BCUT2D eigenvalue weighted by molar-refractivity contribution is 0.0751. The predicted molar refractivity (Wildman–Crippen MR) is 91.9 cm³/mol. The Kier molecular flexibility index (Phi) is 3.86. The molecule has 3 aromatic rings. The van der Waals surface area contributed by atoms with Crippen molar-refractivity contribution in [1.82, 2.24) is 14.9 Å². The van der Waals surface area contributed by atoms with Gasteiger partial charge in [0.05, 0.1) is 11.1 Å². The van der Waals surface area contributed by atoms with Crippen LogP contribution in [0.15, 0.2) is 42.9 Å². The van der Waals surface area contributed by atoms with E-state index in [1.807, 2.05) is 4.90 Å². The van der Waals surface area contributed by atoms with E-state index >= 15 is 0 Å². The van der Waals surface area contributed by atoms with Crippen LogP contribution in [0.4, 0.5) is 10.2 Å². The summed E-state index contributed by atoms with van der Waals surface area (Å²) in [6.07, 6.45) is 5.05. The Balaban J connectivity index is 1.47. The minimum atomic E-state index is -0.281. The molecule has 1 fully saturated rings. The van der Waals surface area contributed by atoms with E-state index in [9.17, 15) is 9.18 Å². The topological polar surface area (TPSA) is 49.3 Å². The zero-order valence-corrected chi connectivity index (χ0v) is 13.7. The van der Waals surface area contributed by atoms with Crippen molar-refractivity contribution in [2.75, 3.05) is 31.1 Å². The maximum absolute atomic E-state index is 13.3. The number of piperazine rings is 1. The average Bonchev–Trinajstić information content (AvgIpc) is 3.05. The molecule has 0 aliphatic carbocycles. The second-order valence-corrected chi connectivity index (χ2v) is 6.72. The summed E-state index contributed by atoms with van der Waals surface area (Å²) in [5.74, 6) is 0.564. The fourth-order valence-corrected chi connectivity index (χ4v) is 3.88. The highest BCUT2D eigenvalue weighted by Gasteiger charge is 2.24. The van der Waals surface area contributed by atoms with Gasteiger partial charge in [-0.15, -0.1) is 11.3 Å². The van der Waals surface area contributed by atoms with Crippen LogP contribution >= 0.6 is 11.3 Å². The number of rotatable bonds is 2. The number of carbonyl (C=O) groups excluding carboxylic acids is 1. The minimum absolute atomic E-state index is 0.00963. The third-order valence-electron chi connectivity index (χ3n) is 4.13. The molecule has 1 aromatic carbocycles. The van der Waals surface area contributed by atoms with Gasteiger partial charge in [0, 0.05) is 43.3 Å². The van der Waals surface area contributed by atoms with Crippen molar-refractivity contribution in [1.29, 1.82) is 0 Å². The molecule has 0 atom stereocenters. The van der Waals surface area contributed by atoms with Gasteiger partial charge >= 0.3 is 0 Å². The number of nitrogens with zero attached hydrogens (tertiary/aromatic N) is 4. The summed E-state index contributed by atoms with van der Waals surface area (Å²) in [6.45, 7) is 2.73. The summed E-state index contributed by atoms with van der Waals surface area (Å²) in [5.41, 5.74) is 0. The molecule has 4 rings (SSSR count). The second-order valence-electron chi connectivity index (χ2n) is 5.64. The van der Waals surface area contributed by atoms with Gasteiger partial charge in [-0.05, 0) is 29.7 Å². The molecule has 3 heterocycles. The van der Waals surface area contributed by atoms with Crippen LogP contribution in [-0.2, 0) is 0 Å². The predicted octanol–water partition coefficient (Wildman–Crippen LogP) is 2.79. The summed E-state index contributed by atoms with van der Waals surface area (Å²) in [6, 6.07) is 6.39. The fourth-order valence-electron chi connectivity index (χ4n) is 2.87. The molecule has 0 bridgehead atoms. The number of carbonyl (C=O) groups is 1. The lowest BCUT2D eigenvalue weighted by Crippen LogP contribution is -2.48. The maximum atomic E-state index is 13.3. The van der Waals surface area contributed by atoms with Gasteiger partial charge in [0.15, 0.2) is 0 Å². The van der Waals surface area contributed by atoms with E-state index in [0.29, 0.717) is 18.0 Å². The van der Waals surface area contributed by atoms with E-state index in [2.05, 4.69) is 14.9 Å². The highest BCUT2D eigenvalue weighted by molar-refractivity contribution is 7.20. The zero-order chi connectivity index (χ0) is 16.5. The molecule has 0 saturated carbocycles. The van der Waals surface area contributed by atoms with Gasteiger partial charge in [-0.1, -0.05) is 0 Å². The molecular formula is C17H15FN4OS. The van der Waals surface area contributed by atoms with Crippen LogP contribution in [0.2, 0.25) is 0 Å². The largest absolute Gasteiger partial charge is 0.352 e. The van der Waals surface area contributed by atoms with Crippen molar-refractivity contribution in [3.05, 3.63) is 53.6 Å². The van der Waals surface area contributed by atoms with Gasteiger partial charge in [-0.25, -0.2) is 9.37 Å². The summed E-state index contributed by atoms with van der Waals surface area (Å²) in [5, 5.41) is 0.779. The molecule has 5 nitrogen and oxygen atoms in total. The molecule has 122 valence electrons. The number of amides is 1. The quantitative estimate of drug-likeness (QED) is 0.719. The highest BCUT2D eigenvalue weighted by atomic mass is 32.1. The number of thiophene rings is 1. The van der Waals surface area contributed by atoms with Crippen LogP contribution in [-0.4, -0.2) is 47.0 Å². The number of hydrogen-bond acceptors (Lipinski definition) is 5. The zero-order valence-electron chi connectivity index (χ0n) is 12.9. The van der Waals surface area contributed by atoms with E-state index in [0.717, 1.165) is 29.0 Å². The molecule has 1 aliphatic heterocycles. The third-order valence-corrected chi connectivity index (χ3v) is 5.23. The summed E-state index contributed by atoms with van der Waals surface area (Å²) < 4.78 is 14.2. The van der Waals surface area contributed by atoms with Crippen LogP contribution in [0, 0.1) is 5.82 Å². The monoisotopic (exact) mass is 342 g/mol. The van der Waals surface area contributed by atoms with Crippen molar-refractivity contribution in [3.63, 3.8) is 0 Å². The molecule has 0 radical (unpaired) electrons. The van der Waals surface area contributed by atoms with Gasteiger partial charge in [0.2, 0.25) is 0 Å². The van der Waals surface area contributed by atoms with E-state index in [-0.39, 0.29) is 11.7 Å². The standard InChI is InChI=1S/C17H15FN4OS/c18-13-1-2-14-12(9-13)10-15(24-14)17(23)22-7-5-21(6-8-22)16-11-19-3-4-20-16/h1-4,9-11H,5-8H2. The Morgan fingerprint density at radius 3 is 2.71 bits per heavy atom. The number of anilines is 1. The Morgan fingerprint density at radius 1 is 1.12 bits per heavy atom. The average molecular weight is 342 g/mol. The SMILES string of the molecule is O=C(c1cc2cc(F)ccc2s1)N1CCN(c2cnccn2)CC1. The number of fused-ring (bicyclic) bond motifs is 1. The Bertz CT molecular complexity index is 875. The van der Waals surface area contributed by atoms with Crippen molar-refractivity contribution in [3.8, 4) is 0 Å². The van der Waals surface area contributed by atoms with E-state index in [1.165, 1.54) is 23.5 Å². The van der Waals surface area contributed by atoms with Gasteiger partial charge < -0.3 is 9.80 Å². The molecule has 1 saturated heterocycles. The minimum Gasteiger partial charge on any atom is -0.352 e. The lowest BCUT2D eigenvalue weighted by atomic mass is 10.2. The second kappa shape index (κ2) is 6.16. The molecular weight excluding hydrogens is 327 g/mol. The third kappa shape index (κ3) is 2.82. The molecule has 24 heavy (non-hydrogen) atoms. The first kappa shape index (κ1) is 15.0. The first-order chi connectivity index (χ1) is 11.7. The number of benzene rings is 1. The Morgan fingerprint density at radius 2 is 1.96 bits per heavy atom. The first-order valence-corrected chi connectivity index (χ1v) is 8.52. The van der Waals surface area contributed by atoms with Crippen LogP contribution in [0.1, 0.15) is 9.67 Å². The van der Waals surface area contributed by atoms with Gasteiger partial charge in [0.25, 0.3) is 5.91 Å². The smallest absolute Gasteiger partial charge is 0.264 e. The summed E-state index contributed by atoms with van der Waals surface area (Å²) in [7, 11) is 0. The van der Waals surface area contributed by atoms with Crippen LogP contribution in [0.5, 0.6) is 0 Å². The molecule has 0 N–H and O–H groups in total. The Hall–Kier alpha value is -2.54. The maximum Gasteiger partial charge on any atom is 0.264 e. The van der Waals surface area contributed by atoms with Crippen LogP contribution in [0.3, 0.4) is 0 Å². The molecule has 2 aromatic heterocycles. The van der Waals surface area contributed by atoms with Crippen LogP contribution < -0.4 is 4.90 Å². The molecule has 1 aliphatic rings. The summed E-state index contributed by atoms with van der Waals surface area (Å²) >= 11 is 1.41. The van der Waals surface area contributed by atoms with E-state index < -0.39 is 0 Å². The first-order valence-electron chi connectivity index (χ1n) is 7.70.